The molecule has 0 spiro atoms. The van der Waals surface area contributed by atoms with E-state index in [1.165, 1.54) is 12.8 Å². The zero-order chi connectivity index (χ0) is 17.9. The minimum Gasteiger partial charge on any atom is -0.379 e. The van der Waals surface area contributed by atoms with Gasteiger partial charge in [0.1, 0.15) is 12.1 Å². The summed E-state index contributed by atoms with van der Waals surface area (Å²) in [5.74, 6) is 1.41. The molecular weight excluding hydrogens is 326 g/mol. The van der Waals surface area contributed by atoms with Crippen LogP contribution in [0.25, 0.3) is 10.9 Å². The topological polar surface area (TPSA) is 74.1 Å². The lowest BCUT2D eigenvalue weighted by atomic mass is 9.82. The van der Waals surface area contributed by atoms with Gasteiger partial charge in [-0.25, -0.2) is 9.97 Å². The summed E-state index contributed by atoms with van der Waals surface area (Å²) in [6.07, 6.45) is 5.13. The van der Waals surface area contributed by atoms with Crippen LogP contribution in [0.1, 0.15) is 31.7 Å². The molecule has 2 fully saturated rings. The number of morpholine rings is 1. The van der Waals surface area contributed by atoms with Crippen molar-refractivity contribution in [3.8, 4) is 6.07 Å². The predicted molar refractivity (Wildman–Crippen MR) is 101 cm³/mol. The molecule has 26 heavy (non-hydrogen) atoms. The lowest BCUT2D eigenvalue weighted by molar-refractivity contribution is 0.00279. The van der Waals surface area contributed by atoms with Gasteiger partial charge >= 0.3 is 0 Å². The molecule has 2 aliphatic rings. The molecule has 2 aromatic rings. The Balaban J connectivity index is 1.48. The van der Waals surface area contributed by atoms with Crippen LogP contribution in [-0.4, -0.2) is 53.3 Å². The van der Waals surface area contributed by atoms with Crippen molar-refractivity contribution in [3.63, 3.8) is 0 Å². The molecule has 0 radical (unpaired) electrons. The van der Waals surface area contributed by atoms with Crippen LogP contribution in [0, 0.1) is 17.2 Å². The number of hydrogen-bond acceptors (Lipinski definition) is 6. The van der Waals surface area contributed by atoms with E-state index in [9.17, 15) is 5.26 Å². The fraction of sp³-hybridized carbons (Fsp3) is 0.550. The van der Waals surface area contributed by atoms with Gasteiger partial charge in [-0.15, -0.1) is 0 Å². The van der Waals surface area contributed by atoms with Crippen molar-refractivity contribution in [2.75, 3.05) is 31.6 Å². The highest BCUT2D eigenvalue weighted by Gasteiger charge is 2.31. The number of nitriles is 1. The first-order valence-corrected chi connectivity index (χ1v) is 9.48. The van der Waals surface area contributed by atoms with Crippen molar-refractivity contribution < 1.29 is 4.74 Å². The molecule has 0 amide bonds. The van der Waals surface area contributed by atoms with Crippen LogP contribution in [0.5, 0.6) is 0 Å². The van der Waals surface area contributed by atoms with E-state index in [0.717, 1.165) is 49.4 Å². The second-order valence-corrected chi connectivity index (χ2v) is 7.41. The molecule has 1 aliphatic carbocycles. The Kier molecular flexibility index (Phi) is 5.00. The number of aromatic nitrogens is 2. The number of benzene rings is 1. The average molecular weight is 351 g/mol. The Morgan fingerprint density at radius 1 is 1.23 bits per heavy atom. The molecule has 6 nitrogen and oxygen atoms in total. The van der Waals surface area contributed by atoms with E-state index in [0.29, 0.717) is 23.6 Å². The Labute approximate surface area is 154 Å². The third-order valence-electron chi connectivity index (χ3n) is 5.79. The average Bonchev–Trinajstić information content (AvgIpc) is 2.70. The molecule has 1 aliphatic heterocycles. The largest absolute Gasteiger partial charge is 0.379 e. The van der Waals surface area contributed by atoms with Crippen LogP contribution in [0.2, 0.25) is 0 Å². The summed E-state index contributed by atoms with van der Waals surface area (Å²) in [6, 6.07) is 8.83. The molecule has 3 atom stereocenters. The third kappa shape index (κ3) is 3.50. The maximum atomic E-state index is 9.18. The Morgan fingerprint density at radius 3 is 2.85 bits per heavy atom. The zero-order valence-electron chi connectivity index (χ0n) is 15.2. The molecule has 6 heteroatoms. The van der Waals surface area contributed by atoms with Gasteiger partial charge in [-0.1, -0.05) is 6.92 Å². The molecular formula is C20H25N5O. The van der Waals surface area contributed by atoms with Gasteiger partial charge in [0.2, 0.25) is 0 Å². The van der Waals surface area contributed by atoms with Gasteiger partial charge in [0, 0.05) is 30.6 Å². The van der Waals surface area contributed by atoms with E-state index < -0.39 is 0 Å². The molecule has 2 unspecified atom stereocenters. The number of hydrogen-bond donors (Lipinski definition) is 1. The summed E-state index contributed by atoms with van der Waals surface area (Å²) in [7, 11) is 0. The lowest BCUT2D eigenvalue weighted by Gasteiger charge is -2.42. The summed E-state index contributed by atoms with van der Waals surface area (Å²) in [6.45, 7) is 6.17. The number of anilines is 1. The number of fused-ring (bicyclic) bond motifs is 1. The Hall–Kier alpha value is -2.23. The van der Waals surface area contributed by atoms with Crippen molar-refractivity contribution >= 4 is 16.7 Å². The molecule has 1 saturated heterocycles. The molecule has 1 N–H and O–H groups in total. The normalized spacial score (nSPS) is 27.2. The van der Waals surface area contributed by atoms with Crippen molar-refractivity contribution in [1.29, 1.82) is 5.26 Å². The highest BCUT2D eigenvalue weighted by molar-refractivity contribution is 5.89. The molecule has 1 aromatic carbocycles. The molecule has 2 heterocycles. The fourth-order valence-electron chi connectivity index (χ4n) is 4.27. The van der Waals surface area contributed by atoms with E-state index in [2.05, 4.69) is 33.2 Å². The van der Waals surface area contributed by atoms with Crippen LogP contribution in [0.3, 0.4) is 0 Å². The van der Waals surface area contributed by atoms with Gasteiger partial charge in [0.05, 0.1) is 30.4 Å². The third-order valence-corrected chi connectivity index (χ3v) is 5.79. The van der Waals surface area contributed by atoms with Crippen molar-refractivity contribution in [2.24, 2.45) is 5.92 Å². The fourth-order valence-corrected chi connectivity index (χ4v) is 4.27. The maximum absolute atomic E-state index is 9.18. The van der Waals surface area contributed by atoms with Gasteiger partial charge in [-0.2, -0.15) is 5.26 Å². The summed E-state index contributed by atoms with van der Waals surface area (Å²) >= 11 is 0. The van der Waals surface area contributed by atoms with Crippen LogP contribution < -0.4 is 5.32 Å². The van der Waals surface area contributed by atoms with E-state index in [-0.39, 0.29) is 0 Å². The van der Waals surface area contributed by atoms with E-state index in [4.69, 9.17) is 4.74 Å². The monoisotopic (exact) mass is 351 g/mol. The summed E-state index contributed by atoms with van der Waals surface area (Å²) in [4.78, 5) is 11.4. The van der Waals surface area contributed by atoms with Gasteiger partial charge in [0.15, 0.2) is 0 Å². The number of nitrogens with one attached hydrogen (secondary N) is 1. The maximum Gasteiger partial charge on any atom is 0.137 e. The summed E-state index contributed by atoms with van der Waals surface area (Å²) in [5, 5.41) is 13.7. The minimum atomic E-state index is 0.399. The van der Waals surface area contributed by atoms with Crippen LogP contribution in [0.4, 0.5) is 5.82 Å². The van der Waals surface area contributed by atoms with Crippen LogP contribution in [-0.2, 0) is 4.74 Å². The van der Waals surface area contributed by atoms with Crippen molar-refractivity contribution in [2.45, 2.75) is 38.3 Å². The van der Waals surface area contributed by atoms with Gasteiger partial charge < -0.3 is 10.1 Å². The first-order valence-electron chi connectivity index (χ1n) is 9.48. The van der Waals surface area contributed by atoms with Crippen molar-refractivity contribution in [1.82, 2.24) is 14.9 Å². The van der Waals surface area contributed by atoms with Gasteiger partial charge in [-0.05, 0) is 43.4 Å². The standard InChI is InChI=1S/C20H25N5O/c1-14-10-16(25-6-8-26-9-7-25)3-5-18(14)24-20-17-11-15(12-21)2-4-19(17)22-13-23-20/h2,4,11,13-14,16,18H,3,5-10H2,1H3,(H,22,23,24)/t14-,16?,18?/m0/s1. The number of rotatable bonds is 3. The number of ether oxygens (including phenoxy) is 1. The van der Waals surface area contributed by atoms with Crippen LogP contribution in [0.15, 0.2) is 24.5 Å². The first-order chi connectivity index (χ1) is 12.7. The first kappa shape index (κ1) is 17.2. The SMILES string of the molecule is C[C@H]1CC(N2CCOCC2)CCC1Nc1ncnc2ccc(C#N)cc12. The minimum absolute atomic E-state index is 0.399. The second-order valence-electron chi connectivity index (χ2n) is 7.41. The van der Waals surface area contributed by atoms with Gasteiger partial charge in [-0.3, -0.25) is 4.90 Å². The lowest BCUT2D eigenvalue weighted by Crippen LogP contribution is -2.48. The van der Waals surface area contributed by atoms with E-state index >= 15 is 0 Å². The molecule has 0 bridgehead atoms. The van der Waals surface area contributed by atoms with E-state index in [1.807, 2.05) is 12.1 Å². The van der Waals surface area contributed by atoms with E-state index in [1.54, 1.807) is 12.4 Å². The second kappa shape index (κ2) is 7.56. The molecule has 136 valence electrons. The van der Waals surface area contributed by atoms with Gasteiger partial charge in [0.25, 0.3) is 0 Å². The number of nitrogens with zero attached hydrogens (tertiary/aromatic N) is 4. The Bertz CT molecular complexity index is 811. The van der Waals surface area contributed by atoms with Crippen molar-refractivity contribution in [3.05, 3.63) is 30.1 Å². The highest BCUT2D eigenvalue weighted by Crippen LogP contribution is 2.31. The zero-order valence-corrected chi connectivity index (χ0v) is 15.2. The summed E-state index contributed by atoms with van der Waals surface area (Å²) in [5.41, 5.74) is 1.51. The molecule has 1 saturated carbocycles. The Morgan fingerprint density at radius 2 is 2.08 bits per heavy atom. The van der Waals surface area contributed by atoms with Crippen LogP contribution >= 0.6 is 0 Å². The highest BCUT2D eigenvalue weighted by atomic mass is 16.5. The quantitative estimate of drug-likeness (QED) is 0.917. The molecule has 1 aromatic heterocycles. The smallest absolute Gasteiger partial charge is 0.137 e. The summed E-state index contributed by atoms with van der Waals surface area (Å²) < 4.78 is 5.49. The predicted octanol–water partition coefficient (Wildman–Crippen LogP) is 2.80. The molecule has 4 rings (SSSR count).